The van der Waals surface area contributed by atoms with Crippen molar-refractivity contribution in [2.45, 2.75) is 19.3 Å². The largest absolute Gasteiger partial charge is 0.478 e. The Hall–Kier alpha value is -1.75. The van der Waals surface area contributed by atoms with Gasteiger partial charge in [0.25, 0.3) is 0 Å². The van der Waals surface area contributed by atoms with Gasteiger partial charge in [0.15, 0.2) is 0 Å². The van der Waals surface area contributed by atoms with Crippen LogP contribution in [0.1, 0.15) is 29.6 Å². The summed E-state index contributed by atoms with van der Waals surface area (Å²) >= 11 is 5.91. The fourth-order valence-corrected chi connectivity index (χ4v) is 2.08. The van der Waals surface area contributed by atoms with Crippen molar-refractivity contribution < 1.29 is 14.7 Å². The highest BCUT2D eigenvalue weighted by molar-refractivity contribution is 6.34. The van der Waals surface area contributed by atoms with Crippen LogP contribution in [0.15, 0.2) is 18.2 Å². The first kappa shape index (κ1) is 13.7. The molecule has 3 N–H and O–H groups in total. The monoisotopic (exact) mass is 282 g/mol. The van der Waals surface area contributed by atoms with E-state index in [9.17, 15) is 9.59 Å². The average Bonchev–Trinajstić information content (AvgIpc) is 2.29. The Labute approximate surface area is 116 Å². The standard InChI is InChI=1S/C13H15ClN2O3/c14-10-6-9(12(17)18)4-5-11(10)16-13(19)15-7-8-2-1-3-8/h4-6,8H,1-3,7H2,(H,17,18)(H2,15,16,19). The fraction of sp³-hybridized carbons (Fsp3) is 0.385. The number of rotatable bonds is 4. The third kappa shape index (κ3) is 3.61. The second-order valence-corrected chi connectivity index (χ2v) is 5.04. The molecule has 19 heavy (non-hydrogen) atoms. The van der Waals surface area contributed by atoms with Gasteiger partial charge in [-0.1, -0.05) is 18.0 Å². The molecule has 0 spiro atoms. The Balaban J connectivity index is 1.90. The van der Waals surface area contributed by atoms with Crippen LogP contribution >= 0.6 is 11.6 Å². The molecule has 0 bridgehead atoms. The molecule has 1 saturated carbocycles. The van der Waals surface area contributed by atoms with Gasteiger partial charge in [0.1, 0.15) is 0 Å². The van der Waals surface area contributed by atoms with Gasteiger partial charge in [-0.3, -0.25) is 0 Å². The van der Waals surface area contributed by atoms with E-state index in [0.717, 1.165) is 12.8 Å². The van der Waals surface area contributed by atoms with Gasteiger partial charge in [-0.05, 0) is 37.0 Å². The highest BCUT2D eigenvalue weighted by Gasteiger charge is 2.18. The molecule has 0 saturated heterocycles. The number of carboxylic acid groups (broad SMARTS) is 1. The molecule has 1 aliphatic rings. The lowest BCUT2D eigenvalue weighted by Gasteiger charge is -2.25. The summed E-state index contributed by atoms with van der Waals surface area (Å²) in [5.41, 5.74) is 0.489. The quantitative estimate of drug-likeness (QED) is 0.794. The van der Waals surface area contributed by atoms with Crippen LogP contribution in [-0.2, 0) is 0 Å². The van der Waals surface area contributed by atoms with Crippen LogP contribution in [-0.4, -0.2) is 23.7 Å². The van der Waals surface area contributed by atoms with E-state index < -0.39 is 5.97 Å². The van der Waals surface area contributed by atoms with Crippen LogP contribution in [0.4, 0.5) is 10.5 Å². The highest BCUT2D eigenvalue weighted by atomic mass is 35.5. The van der Waals surface area contributed by atoms with E-state index in [4.69, 9.17) is 16.7 Å². The summed E-state index contributed by atoms with van der Waals surface area (Å²) in [6.45, 7) is 0.663. The van der Waals surface area contributed by atoms with E-state index in [1.807, 2.05) is 0 Å². The Kier molecular flexibility index (Phi) is 4.27. The lowest BCUT2D eigenvalue weighted by Crippen LogP contribution is -2.35. The van der Waals surface area contributed by atoms with E-state index in [-0.39, 0.29) is 16.6 Å². The van der Waals surface area contributed by atoms with Crippen molar-refractivity contribution in [3.05, 3.63) is 28.8 Å². The van der Waals surface area contributed by atoms with Gasteiger partial charge in [-0.2, -0.15) is 0 Å². The van der Waals surface area contributed by atoms with E-state index >= 15 is 0 Å². The summed E-state index contributed by atoms with van der Waals surface area (Å²) in [5.74, 6) is -0.474. The summed E-state index contributed by atoms with van der Waals surface area (Å²) < 4.78 is 0. The number of urea groups is 1. The molecule has 102 valence electrons. The maximum absolute atomic E-state index is 11.6. The van der Waals surface area contributed by atoms with E-state index in [0.29, 0.717) is 18.2 Å². The number of amides is 2. The number of benzene rings is 1. The molecule has 1 aliphatic carbocycles. The van der Waals surface area contributed by atoms with Crippen LogP contribution < -0.4 is 10.6 Å². The number of carboxylic acids is 1. The Bertz CT molecular complexity index is 501. The maximum Gasteiger partial charge on any atom is 0.335 e. The summed E-state index contributed by atoms with van der Waals surface area (Å²) in [7, 11) is 0. The Morgan fingerprint density at radius 2 is 2.11 bits per heavy atom. The number of aromatic carboxylic acids is 1. The molecule has 2 rings (SSSR count). The second kappa shape index (κ2) is 5.93. The molecule has 0 unspecified atom stereocenters. The third-order valence-corrected chi connectivity index (χ3v) is 3.55. The minimum atomic E-state index is -1.05. The summed E-state index contributed by atoms with van der Waals surface area (Å²) in [4.78, 5) is 22.4. The molecular formula is C13H15ClN2O3. The molecule has 0 heterocycles. The highest BCUT2D eigenvalue weighted by Crippen LogP contribution is 2.25. The van der Waals surface area contributed by atoms with Gasteiger partial charge >= 0.3 is 12.0 Å². The summed E-state index contributed by atoms with van der Waals surface area (Å²) in [6.07, 6.45) is 3.55. The lowest BCUT2D eigenvalue weighted by molar-refractivity contribution is 0.0697. The van der Waals surface area contributed by atoms with Crippen molar-refractivity contribution in [2.75, 3.05) is 11.9 Å². The van der Waals surface area contributed by atoms with Gasteiger partial charge in [0.05, 0.1) is 16.3 Å². The first-order chi connectivity index (χ1) is 9.06. The first-order valence-electron chi connectivity index (χ1n) is 6.14. The first-order valence-corrected chi connectivity index (χ1v) is 6.52. The minimum Gasteiger partial charge on any atom is -0.478 e. The SMILES string of the molecule is O=C(NCC1CCC1)Nc1ccc(C(=O)O)cc1Cl. The van der Waals surface area contributed by atoms with Crippen molar-refractivity contribution in [2.24, 2.45) is 5.92 Å². The van der Waals surface area contributed by atoms with Gasteiger partial charge in [0, 0.05) is 6.54 Å². The topological polar surface area (TPSA) is 78.4 Å². The molecule has 2 amide bonds. The predicted octanol–water partition coefficient (Wildman–Crippen LogP) is 2.96. The molecule has 6 heteroatoms. The van der Waals surface area contributed by atoms with Gasteiger partial charge in [0.2, 0.25) is 0 Å². The molecule has 1 aromatic rings. The van der Waals surface area contributed by atoms with E-state index in [2.05, 4.69) is 10.6 Å². The zero-order chi connectivity index (χ0) is 13.8. The minimum absolute atomic E-state index is 0.0884. The molecular weight excluding hydrogens is 268 g/mol. The average molecular weight is 283 g/mol. The molecule has 1 aromatic carbocycles. The van der Waals surface area contributed by atoms with Crippen LogP contribution in [0.2, 0.25) is 5.02 Å². The van der Waals surface area contributed by atoms with Crippen LogP contribution in [0, 0.1) is 5.92 Å². The number of hydrogen-bond acceptors (Lipinski definition) is 2. The van der Waals surface area contributed by atoms with Crippen LogP contribution in [0.3, 0.4) is 0 Å². The fourth-order valence-electron chi connectivity index (χ4n) is 1.85. The Morgan fingerprint density at radius 1 is 1.37 bits per heavy atom. The number of anilines is 1. The third-order valence-electron chi connectivity index (χ3n) is 3.24. The Morgan fingerprint density at radius 3 is 2.63 bits per heavy atom. The molecule has 0 atom stereocenters. The molecule has 0 aromatic heterocycles. The number of hydrogen-bond donors (Lipinski definition) is 3. The molecule has 1 fully saturated rings. The summed E-state index contributed by atoms with van der Waals surface area (Å²) in [6, 6.07) is 3.87. The van der Waals surface area contributed by atoms with Crippen molar-refractivity contribution in [1.82, 2.24) is 5.32 Å². The number of carbonyl (C=O) groups excluding carboxylic acids is 1. The summed E-state index contributed by atoms with van der Waals surface area (Å²) in [5, 5.41) is 14.4. The normalized spacial score (nSPS) is 14.6. The van der Waals surface area contributed by atoms with Crippen LogP contribution in [0.5, 0.6) is 0 Å². The zero-order valence-electron chi connectivity index (χ0n) is 10.3. The van der Waals surface area contributed by atoms with Crippen molar-refractivity contribution in [3.63, 3.8) is 0 Å². The smallest absolute Gasteiger partial charge is 0.335 e. The predicted molar refractivity (Wildman–Crippen MR) is 72.8 cm³/mol. The van der Waals surface area contributed by atoms with E-state index in [1.165, 1.54) is 24.6 Å². The van der Waals surface area contributed by atoms with Gasteiger partial charge < -0.3 is 15.7 Å². The number of nitrogens with one attached hydrogen (secondary N) is 2. The number of halogens is 1. The van der Waals surface area contributed by atoms with E-state index in [1.54, 1.807) is 0 Å². The number of carbonyl (C=O) groups is 2. The maximum atomic E-state index is 11.6. The molecule has 0 aliphatic heterocycles. The van der Waals surface area contributed by atoms with Crippen molar-refractivity contribution in [3.8, 4) is 0 Å². The molecule has 5 nitrogen and oxygen atoms in total. The molecule has 0 radical (unpaired) electrons. The second-order valence-electron chi connectivity index (χ2n) is 4.63. The van der Waals surface area contributed by atoms with Crippen molar-refractivity contribution >= 4 is 29.3 Å². The van der Waals surface area contributed by atoms with Crippen LogP contribution in [0.25, 0.3) is 0 Å². The van der Waals surface area contributed by atoms with Gasteiger partial charge in [-0.25, -0.2) is 9.59 Å². The lowest BCUT2D eigenvalue weighted by atomic mass is 9.85. The van der Waals surface area contributed by atoms with Crippen molar-refractivity contribution in [1.29, 1.82) is 0 Å². The zero-order valence-corrected chi connectivity index (χ0v) is 11.0. The van der Waals surface area contributed by atoms with Gasteiger partial charge in [-0.15, -0.1) is 0 Å².